The highest BCUT2D eigenvalue weighted by atomic mass is 16.3. The maximum Gasteiger partial charge on any atom is 0.251 e. The first-order valence-electron chi connectivity index (χ1n) is 9.22. The Hall–Kier alpha value is -3.41. The van der Waals surface area contributed by atoms with Crippen molar-refractivity contribution in [3.05, 3.63) is 82.5 Å². The Bertz CT molecular complexity index is 1140. The molecule has 0 aliphatic heterocycles. The van der Waals surface area contributed by atoms with E-state index in [2.05, 4.69) is 15.4 Å². The lowest BCUT2D eigenvalue weighted by molar-refractivity contribution is 0.0951. The predicted octanol–water partition coefficient (Wildman–Crippen LogP) is 3.70. The fraction of sp³-hybridized carbons (Fsp3) is 0.227. The number of aryl methyl sites for hydroxylation is 2. The number of hydrogen-bond donors (Lipinski definition) is 1. The maximum absolute atomic E-state index is 12.6. The number of amides is 1. The van der Waals surface area contributed by atoms with Gasteiger partial charge in [-0.3, -0.25) is 9.48 Å². The lowest BCUT2D eigenvalue weighted by Crippen LogP contribution is -2.23. The van der Waals surface area contributed by atoms with Gasteiger partial charge in [-0.15, -0.1) is 0 Å². The molecule has 4 aromatic rings. The highest BCUT2D eigenvalue weighted by Gasteiger charge is 2.14. The molecule has 1 N–H and O–H groups in total. The molecule has 4 rings (SSSR count). The highest BCUT2D eigenvalue weighted by Crippen LogP contribution is 2.20. The smallest absolute Gasteiger partial charge is 0.251 e. The number of nitrogens with zero attached hydrogens (tertiary/aromatic N) is 3. The van der Waals surface area contributed by atoms with Crippen LogP contribution in [0, 0.1) is 13.8 Å². The third-order valence-corrected chi connectivity index (χ3v) is 4.98. The summed E-state index contributed by atoms with van der Waals surface area (Å²) in [4.78, 5) is 17.1. The predicted molar refractivity (Wildman–Crippen MR) is 107 cm³/mol. The lowest BCUT2D eigenvalue weighted by atomic mass is 10.1. The second-order valence-electron chi connectivity index (χ2n) is 6.91. The van der Waals surface area contributed by atoms with Crippen molar-refractivity contribution in [3.8, 4) is 0 Å². The van der Waals surface area contributed by atoms with Gasteiger partial charge in [-0.05, 0) is 37.6 Å². The number of carbonyl (C=O) groups is 1. The summed E-state index contributed by atoms with van der Waals surface area (Å²) in [5.41, 5.74) is 6.07. The number of rotatable bonds is 5. The molecular weight excluding hydrogens is 352 g/mol. The van der Waals surface area contributed by atoms with Gasteiger partial charge >= 0.3 is 0 Å². The van der Waals surface area contributed by atoms with Crippen LogP contribution in [0.1, 0.15) is 38.8 Å². The molecule has 28 heavy (non-hydrogen) atoms. The topological polar surface area (TPSA) is 73.0 Å². The Morgan fingerprint density at radius 2 is 1.93 bits per heavy atom. The van der Waals surface area contributed by atoms with Crippen LogP contribution in [0.3, 0.4) is 0 Å². The number of oxazole rings is 1. The summed E-state index contributed by atoms with van der Waals surface area (Å²) < 4.78 is 7.69. The van der Waals surface area contributed by atoms with Gasteiger partial charge in [0.1, 0.15) is 5.52 Å². The second kappa shape index (κ2) is 7.31. The van der Waals surface area contributed by atoms with Gasteiger partial charge in [-0.25, -0.2) is 4.98 Å². The van der Waals surface area contributed by atoms with Gasteiger partial charge in [0.25, 0.3) is 5.91 Å². The van der Waals surface area contributed by atoms with Crippen molar-refractivity contribution in [2.45, 2.75) is 26.8 Å². The largest absolute Gasteiger partial charge is 0.440 e. The molecule has 0 saturated heterocycles. The van der Waals surface area contributed by atoms with E-state index in [1.54, 1.807) is 12.1 Å². The summed E-state index contributed by atoms with van der Waals surface area (Å²) in [5.74, 6) is 0.492. The second-order valence-corrected chi connectivity index (χ2v) is 6.91. The van der Waals surface area contributed by atoms with E-state index in [1.165, 1.54) is 0 Å². The average molecular weight is 374 g/mol. The molecule has 0 fully saturated rings. The van der Waals surface area contributed by atoms with E-state index in [-0.39, 0.29) is 5.91 Å². The molecule has 2 aromatic carbocycles. The molecule has 2 heterocycles. The molecular formula is C22H22N4O2. The van der Waals surface area contributed by atoms with Crippen LogP contribution in [0.4, 0.5) is 0 Å². The van der Waals surface area contributed by atoms with E-state index < -0.39 is 0 Å². The first-order valence-corrected chi connectivity index (χ1v) is 9.22. The van der Waals surface area contributed by atoms with Crippen LogP contribution in [-0.2, 0) is 20.0 Å². The van der Waals surface area contributed by atoms with Crippen molar-refractivity contribution in [2.24, 2.45) is 7.05 Å². The van der Waals surface area contributed by atoms with E-state index in [0.29, 0.717) is 30.0 Å². The van der Waals surface area contributed by atoms with Crippen LogP contribution < -0.4 is 5.32 Å². The summed E-state index contributed by atoms with van der Waals surface area (Å²) in [6, 6.07) is 15.4. The monoisotopic (exact) mass is 374 g/mol. The molecule has 0 spiro atoms. The minimum atomic E-state index is -0.148. The summed E-state index contributed by atoms with van der Waals surface area (Å²) in [6.45, 7) is 4.39. The van der Waals surface area contributed by atoms with Crippen LogP contribution in [0.15, 0.2) is 52.9 Å². The average Bonchev–Trinajstić information content (AvgIpc) is 3.19. The molecule has 0 aliphatic rings. The number of aromatic nitrogens is 3. The van der Waals surface area contributed by atoms with E-state index in [1.807, 2.05) is 62.0 Å². The summed E-state index contributed by atoms with van der Waals surface area (Å²) in [5, 5.41) is 7.35. The minimum Gasteiger partial charge on any atom is -0.440 e. The molecule has 0 atom stereocenters. The number of fused-ring (bicyclic) bond motifs is 1. The molecule has 0 bridgehead atoms. The van der Waals surface area contributed by atoms with Crippen molar-refractivity contribution in [1.82, 2.24) is 20.1 Å². The van der Waals surface area contributed by atoms with Gasteiger partial charge in [-0.2, -0.15) is 5.10 Å². The van der Waals surface area contributed by atoms with Gasteiger partial charge in [0, 0.05) is 36.8 Å². The SMILES string of the molecule is Cc1nn(C)c(C)c1CNC(=O)c1ccc2nc(Cc3ccccc3)oc2c1. The van der Waals surface area contributed by atoms with Gasteiger partial charge in [0.2, 0.25) is 0 Å². The van der Waals surface area contributed by atoms with Crippen molar-refractivity contribution < 1.29 is 9.21 Å². The number of carbonyl (C=O) groups excluding carboxylic acids is 1. The summed E-state index contributed by atoms with van der Waals surface area (Å²) in [7, 11) is 1.90. The van der Waals surface area contributed by atoms with Crippen molar-refractivity contribution in [1.29, 1.82) is 0 Å². The van der Waals surface area contributed by atoms with Crippen molar-refractivity contribution in [2.75, 3.05) is 0 Å². The number of hydrogen-bond acceptors (Lipinski definition) is 4. The fourth-order valence-electron chi connectivity index (χ4n) is 3.30. The standard InChI is InChI=1S/C22H22N4O2/c1-14-18(15(2)26(3)25-14)13-23-22(27)17-9-10-19-20(12-17)28-21(24-19)11-16-7-5-4-6-8-16/h4-10,12H,11,13H2,1-3H3,(H,23,27). The minimum absolute atomic E-state index is 0.148. The quantitative estimate of drug-likeness (QED) is 0.578. The van der Waals surface area contributed by atoms with Crippen LogP contribution in [0.5, 0.6) is 0 Å². The highest BCUT2D eigenvalue weighted by molar-refractivity contribution is 5.97. The van der Waals surface area contributed by atoms with Crippen LogP contribution in [-0.4, -0.2) is 20.7 Å². The third kappa shape index (κ3) is 3.53. The molecule has 142 valence electrons. The number of benzene rings is 2. The zero-order valence-corrected chi connectivity index (χ0v) is 16.2. The third-order valence-electron chi connectivity index (χ3n) is 4.98. The van der Waals surface area contributed by atoms with E-state index in [0.717, 1.165) is 28.0 Å². The van der Waals surface area contributed by atoms with E-state index >= 15 is 0 Å². The molecule has 0 aliphatic carbocycles. The Kier molecular flexibility index (Phi) is 4.69. The summed E-state index contributed by atoms with van der Waals surface area (Å²) in [6.07, 6.45) is 0.622. The van der Waals surface area contributed by atoms with Gasteiger partial charge in [0.15, 0.2) is 11.5 Å². The Labute approximate surface area is 163 Å². The zero-order valence-electron chi connectivity index (χ0n) is 16.2. The maximum atomic E-state index is 12.6. The van der Waals surface area contributed by atoms with E-state index in [4.69, 9.17) is 4.42 Å². The normalized spacial score (nSPS) is 11.1. The fourth-order valence-corrected chi connectivity index (χ4v) is 3.30. The van der Waals surface area contributed by atoms with Gasteiger partial charge < -0.3 is 9.73 Å². The van der Waals surface area contributed by atoms with Crippen LogP contribution >= 0.6 is 0 Å². The molecule has 6 heteroatoms. The first-order chi connectivity index (χ1) is 13.5. The summed E-state index contributed by atoms with van der Waals surface area (Å²) >= 11 is 0. The van der Waals surface area contributed by atoms with Gasteiger partial charge in [-0.1, -0.05) is 30.3 Å². The first kappa shape index (κ1) is 18.0. The van der Waals surface area contributed by atoms with Crippen LogP contribution in [0.25, 0.3) is 11.1 Å². The Morgan fingerprint density at radius 1 is 1.14 bits per heavy atom. The molecule has 1 amide bonds. The Morgan fingerprint density at radius 3 is 2.64 bits per heavy atom. The van der Waals surface area contributed by atoms with Crippen LogP contribution in [0.2, 0.25) is 0 Å². The van der Waals surface area contributed by atoms with Gasteiger partial charge in [0.05, 0.1) is 5.69 Å². The molecule has 0 radical (unpaired) electrons. The lowest BCUT2D eigenvalue weighted by Gasteiger charge is -2.06. The molecule has 0 saturated carbocycles. The van der Waals surface area contributed by atoms with Crippen molar-refractivity contribution >= 4 is 17.0 Å². The molecule has 6 nitrogen and oxygen atoms in total. The molecule has 2 aromatic heterocycles. The van der Waals surface area contributed by atoms with Crippen molar-refractivity contribution in [3.63, 3.8) is 0 Å². The zero-order chi connectivity index (χ0) is 19.7. The van der Waals surface area contributed by atoms with E-state index in [9.17, 15) is 4.79 Å². The number of nitrogens with one attached hydrogen (secondary N) is 1. The Balaban J connectivity index is 1.50. The molecule has 0 unspecified atom stereocenters.